The van der Waals surface area contributed by atoms with Crippen LogP contribution in [0, 0.1) is 0 Å². The van der Waals surface area contributed by atoms with Gasteiger partial charge < -0.3 is 10.8 Å². The Hall–Kier alpha value is -2.44. The molecule has 0 fully saturated rings. The largest absolute Gasteiger partial charge is 0.507 e. The Morgan fingerprint density at radius 3 is 2.68 bits per heavy atom. The standard InChI is InChI=1S/C16H12N2O2S2/c17-15(20)11(8-10-4-1-2-5-13(10)19)16-18-12(9-22-16)14-6-3-7-21-14/h1-9,19H,(H2,17,20)/b11-8+. The maximum atomic E-state index is 11.8. The van der Waals surface area contributed by atoms with Gasteiger partial charge in [-0.3, -0.25) is 4.79 Å². The Kier molecular flexibility index (Phi) is 4.04. The number of hydrogen-bond donors (Lipinski definition) is 2. The first kappa shape index (κ1) is 14.5. The first-order chi connectivity index (χ1) is 10.6. The van der Waals surface area contributed by atoms with Crippen molar-refractivity contribution in [2.24, 2.45) is 5.73 Å². The summed E-state index contributed by atoms with van der Waals surface area (Å²) in [5.74, 6) is -0.480. The summed E-state index contributed by atoms with van der Waals surface area (Å²) in [6, 6.07) is 10.7. The van der Waals surface area contributed by atoms with Gasteiger partial charge in [-0.25, -0.2) is 4.98 Å². The highest BCUT2D eigenvalue weighted by molar-refractivity contribution is 7.14. The monoisotopic (exact) mass is 328 g/mol. The van der Waals surface area contributed by atoms with Gasteiger partial charge in [0.05, 0.1) is 16.1 Å². The Morgan fingerprint density at radius 1 is 1.18 bits per heavy atom. The molecule has 1 aromatic carbocycles. The molecule has 1 amide bonds. The number of benzene rings is 1. The zero-order valence-corrected chi connectivity index (χ0v) is 13.0. The first-order valence-corrected chi connectivity index (χ1v) is 8.20. The van der Waals surface area contributed by atoms with Crippen molar-refractivity contribution in [3.63, 3.8) is 0 Å². The summed E-state index contributed by atoms with van der Waals surface area (Å²) in [6.07, 6.45) is 1.56. The van der Waals surface area contributed by atoms with Gasteiger partial charge in [0.15, 0.2) is 0 Å². The number of nitrogens with zero attached hydrogens (tertiary/aromatic N) is 1. The molecule has 0 radical (unpaired) electrons. The van der Waals surface area contributed by atoms with Gasteiger partial charge in [-0.15, -0.1) is 22.7 Å². The number of nitrogens with two attached hydrogens (primary N) is 1. The summed E-state index contributed by atoms with van der Waals surface area (Å²) in [6.45, 7) is 0. The Labute approximate surface area is 135 Å². The first-order valence-electron chi connectivity index (χ1n) is 6.44. The predicted octanol–water partition coefficient (Wildman–Crippen LogP) is 3.60. The summed E-state index contributed by atoms with van der Waals surface area (Å²) >= 11 is 2.94. The van der Waals surface area contributed by atoms with Crippen molar-refractivity contribution in [1.82, 2.24) is 4.98 Å². The third-order valence-electron chi connectivity index (χ3n) is 3.01. The Balaban J connectivity index is 2.02. The molecule has 3 rings (SSSR count). The number of phenolic OH excluding ortho intramolecular Hbond substituents is 1. The summed E-state index contributed by atoms with van der Waals surface area (Å²) in [4.78, 5) is 17.3. The number of rotatable bonds is 4. The van der Waals surface area contributed by atoms with Crippen LogP contribution in [0.5, 0.6) is 5.75 Å². The molecule has 0 saturated carbocycles. The number of hydrogen-bond acceptors (Lipinski definition) is 5. The van der Waals surface area contributed by atoms with Gasteiger partial charge in [0.1, 0.15) is 10.8 Å². The van der Waals surface area contributed by atoms with Crippen LogP contribution in [0.15, 0.2) is 47.2 Å². The molecule has 2 heterocycles. The van der Waals surface area contributed by atoms with E-state index in [4.69, 9.17) is 5.73 Å². The normalized spacial score (nSPS) is 11.5. The fourth-order valence-corrected chi connectivity index (χ4v) is 3.54. The molecule has 0 aliphatic rings. The van der Waals surface area contributed by atoms with Crippen LogP contribution < -0.4 is 5.73 Å². The summed E-state index contributed by atoms with van der Waals surface area (Å²) in [5.41, 5.74) is 7.11. The zero-order chi connectivity index (χ0) is 15.5. The fraction of sp³-hybridized carbons (Fsp3) is 0. The lowest BCUT2D eigenvalue weighted by atomic mass is 10.1. The van der Waals surface area contributed by atoms with Crippen molar-refractivity contribution < 1.29 is 9.90 Å². The lowest BCUT2D eigenvalue weighted by Gasteiger charge is -2.02. The molecule has 0 aliphatic heterocycles. The van der Waals surface area contributed by atoms with Gasteiger partial charge in [0.25, 0.3) is 5.91 Å². The summed E-state index contributed by atoms with van der Waals surface area (Å²) < 4.78 is 0. The highest BCUT2D eigenvalue weighted by Gasteiger charge is 2.15. The number of amides is 1. The van der Waals surface area contributed by atoms with Crippen LogP contribution in [0.25, 0.3) is 22.2 Å². The lowest BCUT2D eigenvalue weighted by molar-refractivity contribution is -0.112. The molecule has 4 nitrogen and oxygen atoms in total. The second-order valence-electron chi connectivity index (χ2n) is 4.50. The minimum Gasteiger partial charge on any atom is -0.507 e. The maximum Gasteiger partial charge on any atom is 0.251 e. The number of thiazole rings is 1. The van der Waals surface area contributed by atoms with Gasteiger partial charge in [0.2, 0.25) is 0 Å². The van der Waals surface area contributed by atoms with E-state index in [-0.39, 0.29) is 11.3 Å². The van der Waals surface area contributed by atoms with Gasteiger partial charge in [-0.05, 0) is 23.6 Å². The number of para-hydroxylation sites is 1. The summed E-state index contributed by atoms with van der Waals surface area (Å²) in [7, 11) is 0. The molecule has 110 valence electrons. The molecular formula is C16H12N2O2S2. The van der Waals surface area contributed by atoms with Crippen molar-refractivity contribution in [3.05, 3.63) is 57.7 Å². The van der Waals surface area contributed by atoms with Crippen molar-refractivity contribution in [2.75, 3.05) is 0 Å². The minimum absolute atomic E-state index is 0.0938. The second kappa shape index (κ2) is 6.13. The van der Waals surface area contributed by atoms with E-state index in [0.717, 1.165) is 10.6 Å². The van der Waals surface area contributed by atoms with Crippen LogP contribution >= 0.6 is 22.7 Å². The molecule has 0 aliphatic carbocycles. The van der Waals surface area contributed by atoms with E-state index in [1.165, 1.54) is 11.3 Å². The van der Waals surface area contributed by atoms with Crippen molar-refractivity contribution in [1.29, 1.82) is 0 Å². The number of primary amides is 1. The number of thiophene rings is 1. The molecule has 3 aromatic rings. The van der Waals surface area contributed by atoms with Gasteiger partial charge in [-0.1, -0.05) is 24.3 Å². The second-order valence-corrected chi connectivity index (χ2v) is 6.30. The third-order valence-corrected chi connectivity index (χ3v) is 4.78. The van der Waals surface area contributed by atoms with Crippen molar-refractivity contribution >= 4 is 40.2 Å². The van der Waals surface area contributed by atoms with Crippen LogP contribution in [0.1, 0.15) is 10.6 Å². The van der Waals surface area contributed by atoms with Crippen LogP contribution in [0.2, 0.25) is 0 Å². The van der Waals surface area contributed by atoms with Crippen LogP contribution in [-0.2, 0) is 4.79 Å². The Morgan fingerprint density at radius 2 is 2.00 bits per heavy atom. The van der Waals surface area contributed by atoms with E-state index < -0.39 is 5.91 Å². The molecular weight excluding hydrogens is 316 g/mol. The smallest absolute Gasteiger partial charge is 0.251 e. The number of carbonyl (C=O) groups is 1. The Bertz CT molecular complexity index is 835. The lowest BCUT2D eigenvalue weighted by Crippen LogP contribution is -2.12. The van der Waals surface area contributed by atoms with Crippen LogP contribution in [0.4, 0.5) is 0 Å². The molecule has 0 saturated heterocycles. The molecule has 22 heavy (non-hydrogen) atoms. The summed E-state index contributed by atoms with van der Waals surface area (Å²) in [5, 5.41) is 14.2. The third kappa shape index (κ3) is 2.93. The SMILES string of the molecule is NC(=O)/C(=C\c1ccccc1O)c1nc(-c2cccs2)cs1. The number of aromatic hydroxyl groups is 1. The molecule has 6 heteroatoms. The van der Waals surface area contributed by atoms with Gasteiger partial charge >= 0.3 is 0 Å². The van der Waals surface area contributed by atoms with Gasteiger partial charge in [-0.2, -0.15) is 0 Å². The molecule has 0 spiro atoms. The fourth-order valence-electron chi connectivity index (χ4n) is 1.94. The van der Waals surface area contributed by atoms with Gasteiger partial charge in [0, 0.05) is 10.9 Å². The topological polar surface area (TPSA) is 76.2 Å². The predicted molar refractivity (Wildman–Crippen MR) is 90.6 cm³/mol. The van der Waals surface area contributed by atoms with E-state index in [0.29, 0.717) is 10.6 Å². The molecule has 2 aromatic heterocycles. The van der Waals surface area contributed by atoms with E-state index >= 15 is 0 Å². The van der Waals surface area contributed by atoms with E-state index in [2.05, 4.69) is 4.98 Å². The van der Waals surface area contributed by atoms with Crippen LogP contribution in [0.3, 0.4) is 0 Å². The molecule has 0 unspecified atom stereocenters. The van der Waals surface area contributed by atoms with E-state index in [9.17, 15) is 9.90 Å². The van der Waals surface area contributed by atoms with E-state index in [1.807, 2.05) is 22.9 Å². The quantitative estimate of drug-likeness (QED) is 0.718. The minimum atomic E-state index is -0.574. The average molecular weight is 328 g/mol. The number of phenols is 1. The zero-order valence-electron chi connectivity index (χ0n) is 11.4. The number of carbonyl (C=O) groups excluding carboxylic acids is 1. The molecule has 0 atom stereocenters. The number of aromatic nitrogens is 1. The van der Waals surface area contributed by atoms with E-state index in [1.54, 1.807) is 41.7 Å². The highest BCUT2D eigenvalue weighted by atomic mass is 32.1. The average Bonchev–Trinajstić information content (AvgIpc) is 3.17. The highest BCUT2D eigenvalue weighted by Crippen LogP contribution is 2.30. The van der Waals surface area contributed by atoms with Crippen molar-refractivity contribution in [2.45, 2.75) is 0 Å². The maximum absolute atomic E-state index is 11.8. The molecule has 3 N–H and O–H groups in total. The molecule has 0 bridgehead atoms. The van der Waals surface area contributed by atoms with Crippen molar-refractivity contribution in [3.8, 4) is 16.3 Å². The van der Waals surface area contributed by atoms with Crippen LogP contribution in [-0.4, -0.2) is 16.0 Å².